The predicted octanol–water partition coefficient (Wildman–Crippen LogP) is 2.64. The summed E-state index contributed by atoms with van der Waals surface area (Å²) in [5, 5.41) is 0.940. The second-order valence-electron chi connectivity index (χ2n) is 4.91. The molecule has 2 heterocycles. The van der Waals surface area contributed by atoms with Crippen LogP contribution in [0.5, 0.6) is 0 Å². The smallest absolute Gasteiger partial charge is 0.286 e. The van der Waals surface area contributed by atoms with Gasteiger partial charge in [0.25, 0.3) is 11.8 Å². The Morgan fingerprint density at radius 1 is 1.05 bits per heavy atom. The third-order valence-electron chi connectivity index (χ3n) is 3.20. The Morgan fingerprint density at radius 3 is 2.45 bits per heavy atom. The van der Waals surface area contributed by atoms with Crippen molar-refractivity contribution in [2.24, 2.45) is 0 Å². The maximum Gasteiger partial charge on any atom is 0.286 e. The molecule has 112 valence electrons. The van der Waals surface area contributed by atoms with E-state index in [9.17, 15) is 9.59 Å². The average molecular weight is 361 g/mol. The molecule has 0 aliphatic rings. The van der Waals surface area contributed by atoms with Crippen molar-refractivity contribution in [1.29, 1.82) is 0 Å². The number of benzene rings is 1. The van der Waals surface area contributed by atoms with Crippen LogP contribution in [0.2, 0.25) is 0 Å². The number of hydrogen-bond donors (Lipinski definition) is 4. The van der Waals surface area contributed by atoms with Crippen LogP contribution in [0.4, 0.5) is 0 Å². The third kappa shape index (κ3) is 2.89. The Morgan fingerprint density at radius 2 is 1.77 bits per heavy atom. The van der Waals surface area contributed by atoms with Gasteiger partial charge < -0.3 is 9.97 Å². The number of aromatic nitrogens is 2. The van der Waals surface area contributed by atoms with E-state index in [1.807, 2.05) is 25.1 Å². The lowest BCUT2D eigenvalue weighted by Crippen LogP contribution is -2.41. The highest BCUT2D eigenvalue weighted by molar-refractivity contribution is 9.10. The SMILES string of the molecule is Cc1ccc2cc(C(=O)NNC(=O)c3cc(Br)c[nH]3)[nH]c2c1. The lowest BCUT2D eigenvalue weighted by Gasteiger charge is -2.04. The highest BCUT2D eigenvalue weighted by atomic mass is 79.9. The second kappa shape index (κ2) is 5.69. The fourth-order valence-corrected chi connectivity index (χ4v) is 2.45. The number of nitrogens with one attached hydrogen (secondary N) is 4. The number of rotatable bonds is 2. The van der Waals surface area contributed by atoms with Crippen LogP contribution in [0.3, 0.4) is 0 Å². The van der Waals surface area contributed by atoms with Gasteiger partial charge in [-0.05, 0) is 46.6 Å². The van der Waals surface area contributed by atoms with Crippen LogP contribution in [-0.2, 0) is 0 Å². The molecule has 3 aromatic rings. The maximum atomic E-state index is 12.1. The first-order chi connectivity index (χ1) is 10.5. The quantitative estimate of drug-likeness (QED) is 0.529. The average Bonchev–Trinajstić information content (AvgIpc) is 3.10. The largest absolute Gasteiger partial charge is 0.356 e. The molecule has 0 atom stereocenters. The number of carbonyl (C=O) groups excluding carboxylic acids is 2. The van der Waals surface area contributed by atoms with Gasteiger partial charge in [0.05, 0.1) is 0 Å². The number of hydrogen-bond acceptors (Lipinski definition) is 2. The van der Waals surface area contributed by atoms with E-state index in [1.165, 1.54) is 0 Å². The zero-order chi connectivity index (χ0) is 15.7. The van der Waals surface area contributed by atoms with Crippen LogP contribution < -0.4 is 10.9 Å². The third-order valence-corrected chi connectivity index (χ3v) is 3.66. The Hall–Kier alpha value is -2.54. The van der Waals surface area contributed by atoms with Gasteiger partial charge in [-0.25, -0.2) is 0 Å². The number of aromatic amines is 2. The van der Waals surface area contributed by atoms with Gasteiger partial charge in [-0.15, -0.1) is 0 Å². The van der Waals surface area contributed by atoms with Crippen LogP contribution in [0.25, 0.3) is 10.9 Å². The fourth-order valence-electron chi connectivity index (χ4n) is 2.11. The standard InChI is InChI=1S/C15H13BrN4O2/c1-8-2-3-9-5-13(18-11(9)4-8)15(22)20-19-14(21)12-6-10(16)7-17-12/h2-7,17-18H,1H3,(H,19,21)(H,20,22). The van der Waals surface area contributed by atoms with Gasteiger partial charge in [-0.1, -0.05) is 12.1 Å². The second-order valence-corrected chi connectivity index (χ2v) is 5.83. The van der Waals surface area contributed by atoms with Crippen molar-refractivity contribution >= 4 is 38.6 Å². The molecule has 0 fully saturated rings. The Kier molecular flexibility index (Phi) is 3.72. The minimum Gasteiger partial charge on any atom is -0.356 e. The molecule has 0 saturated heterocycles. The molecule has 6 nitrogen and oxygen atoms in total. The molecule has 0 saturated carbocycles. The molecule has 2 amide bonds. The van der Waals surface area contributed by atoms with Gasteiger partial charge in [-0.2, -0.15) is 0 Å². The van der Waals surface area contributed by atoms with Gasteiger partial charge in [0.2, 0.25) is 0 Å². The topological polar surface area (TPSA) is 89.8 Å². The maximum absolute atomic E-state index is 12.1. The highest BCUT2D eigenvalue weighted by Gasteiger charge is 2.12. The zero-order valence-electron chi connectivity index (χ0n) is 11.7. The summed E-state index contributed by atoms with van der Waals surface area (Å²) in [6.45, 7) is 1.98. The van der Waals surface area contributed by atoms with E-state index >= 15 is 0 Å². The molecule has 0 aliphatic heterocycles. The molecular weight excluding hydrogens is 348 g/mol. The van der Waals surface area contributed by atoms with Crippen LogP contribution in [0.15, 0.2) is 41.0 Å². The van der Waals surface area contributed by atoms with Gasteiger partial charge >= 0.3 is 0 Å². The summed E-state index contributed by atoms with van der Waals surface area (Å²) < 4.78 is 0.759. The number of hydrazine groups is 1. The van der Waals surface area contributed by atoms with Crippen LogP contribution in [0, 0.1) is 6.92 Å². The summed E-state index contributed by atoms with van der Waals surface area (Å²) in [7, 11) is 0. The summed E-state index contributed by atoms with van der Waals surface area (Å²) in [6.07, 6.45) is 1.64. The predicted molar refractivity (Wildman–Crippen MR) is 86.5 cm³/mol. The molecule has 0 bridgehead atoms. The van der Waals surface area contributed by atoms with Crippen LogP contribution >= 0.6 is 15.9 Å². The number of aryl methyl sites for hydroxylation is 1. The molecule has 7 heteroatoms. The number of amides is 2. The van der Waals surface area contributed by atoms with Gasteiger partial charge in [0.15, 0.2) is 0 Å². The molecular formula is C15H13BrN4O2. The summed E-state index contributed by atoms with van der Waals surface area (Å²) in [5.41, 5.74) is 7.45. The molecule has 2 aromatic heterocycles. The van der Waals surface area contributed by atoms with E-state index in [0.717, 1.165) is 20.9 Å². The minimum absolute atomic E-state index is 0.347. The Labute approximate surface area is 134 Å². The lowest BCUT2D eigenvalue weighted by atomic mass is 10.2. The fraction of sp³-hybridized carbons (Fsp3) is 0.0667. The number of fused-ring (bicyclic) bond motifs is 1. The number of carbonyl (C=O) groups is 2. The van der Waals surface area contributed by atoms with E-state index in [-0.39, 0.29) is 0 Å². The molecule has 0 unspecified atom stereocenters. The molecule has 22 heavy (non-hydrogen) atoms. The van der Waals surface area contributed by atoms with Crippen molar-refractivity contribution in [1.82, 2.24) is 20.8 Å². The first-order valence-electron chi connectivity index (χ1n) is 6.57. The van der Waals surface area contributed by atoms with Crippen molar-refractivity contribution in [3.8, 4) is 0 Å². The van der Waals surface area contributed by atoms with Crippen molar-refractivity contribution in [2.45, 2.75) is 6.92 Å². The van der Waals surface area contributed by atoms with Crippen molar-refractivity contribution in [3.05, 3.63) is 58.0 Å². The first kappa shape index (κ1) is 14.4. The molecule has 3 rings (SSSR count). The van der Waals surface area contributed by atoms with Gasteiger partial charge in [0, 0.05) is 21.6 Å². The van der Waals surface area contributed by atoms with E-state index in [2.05, 4.69) is 36.7 Å². The molecule has 0 radical (unpaired) electrons. The summed E-state index contributed by atoms with van der Waals surface area (Å²) >= 11 is 3.24. The van der Waals surface area contributed by atoms with Crippen molar-refractivity contribution < 1.29 is 9.59 Å². The van der Waals surface area contributed by atoms with Crippen molar-refractivity contribution in [3.63, 3.8) is 0 Å². The number of halogens is 1. The summed E-state index contributed by atoms with van der Waals surface area (Å²) in [5.74, 6) is -0.834. The monoisotopic (exact) mass is 360 g/mol. The lowest BCUT2D eigenvalue weighted by molar-refractivity contribution is 0.0842. The zero-order valence-corrected chi connectivity index (χ0v) is 13.2. The summed E-state index contributed by atoms with van der Waals surface area (Å²) in [6, 6.07) is 9.23. The van der Waals surface area contributed by atoms with Gasteiger partial charge in [0.1, 0.15) is 11.4 Å². The minimum atomic E-state index is -0.425. The first-order valence-corrected chi connectivity index (χ1v) is 7.36. The molecule has 4 N–H and O–H groups in total. The van der Waals surface area contributed by atoms with E-state index in [0.29, 0.717) is 11.4 Å². The van der Waals surface area contributed by atoms with Crippen LogP contribution in [0.1, 0.15) is 26.5 Å². The molecule has 0 aliphatic carbocycles. The van der Waals surface area contributed by atoms with Crippen LogP contribution in [-0.4, -0.2) is 21.8 Å². The Bertz CT molecular complexity index is 865. The molecule has 0 spiro atoms. The number of H-pyrrole nitrogens is 2. The Balaban J connectivity index is 1.69. The summed E-state index contributed by atoms with van der Waals surface area (Å²) in [4.78, 5) is 29.7. The van der Waals surface area contributed by atoms with Gasteiger partial charge in [-0.3, -0.25) is 20.4 Å². The van der Waals surface area contributed by atoms with E-state index in [1.54, 1.807) is 18.3 Å². The van der Waals surface area contributed by atoms with E-state index in [4.69, 9.17) is 0 Å². The highest BCUT2D eigenvalue weighted by Crippen LogP contribution is 2.16. The molecule has 1 aromatic carbocycles. The normalized spacial score (nSPS) is 10.6. The van der Waals surface area contributed by atoms with E-state index < -0.39 is 11.8 Å². The van der Waals surface area contributed by atoms with Crippen molar-refractivity contribution in [2.75, 3.05) is 0 Å².